The fourth-order valence-corrected chi connectivity index (χ4v) is 2.55. The first-order chi connectivity index (χ1) is 9.19. The van der Waals surface area contributed by atoms with E-state index in [9.17, 15) is 0 Å². The van der Waals surface area contributed by atoms with E-state index >= 15 is 0 Å². The zero-order valence-electron chi connectivity index (χ0n) is 12.1. The topological polar surface area (TPSA) is 39.7 Å². The van der Waals surface area contributed by atoms with E-state index < -0.39 is 0 Å². The van der Waals surface area contributed by atoms with Gasteiger partial charge in [-0.2, -0.15) is 0 Å². The third-order valence-corrected chi connectivity index (χ3v) is 3.60. The summed E-state index contributed by atoms with van der Waals surface area (Å²) in [5.74, 6) is 0.861. The summed E-state index contributed by atoms with van der Waals surface area (Å²) in [5, 5.41) is 3.50. The van der Waals surface area contributed by atoms with Gasteiger partial charge >= 0.3 is 0 Å². The Labute approximate surface area is 115 Å². The largest absolute Gasteiger partial charge is 0.495 e. The van der Waals surface area contributed by atoms with Crippen LogP contribution in [0, 0.1) is 6.92 Å². The Bertz CT molecular complexity index is 422. The van der Waals surface area contributed by atoms with Crippen molar-refractivity contribution in [3.05, 3.63) is 23.8 Å². The van der Waals surface area contributed by atoms with Crippen molar-refractivity contribution in [2.24, 2.45) is 0 Å². The van der Waals surface area contributed by atoms with E-state index in [0.717, 1.165) is 24.5 Å². The zero-order valence-corrected chi connectivity index (χ0v) is 12.1. The smallest absolute Gasteiger partial charge is 0.141 e. The SMILES string of the molecule is CCOC1CC(Nc2cc(C)ccc2OC)C1OC. The molecular formula is C15H23NO3. The van der Waals surface area contributed by atoms with Gasteiger partial charge in [-0.25, -0.2) is 0 Å². The van der Waals surface area contributed by atoms with Crippen molar-refractivity contribution in [3.8, 4) is 5.75 Å². The van der Waals surface area contributed by atoms with Gasteiger partial charge in [-0.15, -0.1) is 0 Å². The molecule has 1 fully saturated rings. The minimum absolute atomic E-state index is 0.102. The monoisotopic (exact) mass is 265 g/mol. The average Bonchev–Trinajstić information content (AvgIpc) is 2.38. The van der Waals surface area contributed by atoms with Crippen LogP contribution in [0.2, 0.25) is 0 Å². The number of hydrogen-bond donors (Lipinski definition) is 1. The first-order valence-corrected chi connectivity index (χ1v) is 6.75. The molecule has 3 atom stereocenters. The van der Waals surface area contributed by atoms with Crippen LogP contribution in [0.15, 0.2) is 18.2 Å². The van der Waals surface area contributed by atoms with Crippen molar-refractivity contribution in [2.75, 3.05) is 26.1 Å². The molecule has 0 spiro atoms. The maximum absolute atomic E-state index is 5.63. The summed E-state index contributed by atoms with van der Waals surface area (Å²) in [6.07, 6.45) is 1.26. The standard InChI is InChI=1S/C15H23NO3/c1-5-19-14-9-12(15(14)18-4)16-11-8-10(2)6-7-13(11)17-3/h6-8,12,14-16H,5,9H2,1-4H3. The van der Waals surface area contributed by atoms with E-state index in [4.69, 9.17) is 14.2 Å². The molecule has 1 saturated carbocycles. The normalized spacial score (nSPS) is 25.8. The van der Waals surface area contributed by atoms with Crippen molar-refractivity contribution < 1.29 is 14.2 Å². The molecule has 19 heavy (non-hydrogen) atoms. The number of aryl methyl sites for hydroxylation is 1. The Morgan fingerprint density at radius 3 is 2.74 bits per heavy atom. The molecule has 1 aliphatic carbocycles. The van der Waals surface area contributed by atoms with Crippen LogP contribution in [0.5, 0.6) is 5.75 Å². The molecule has 1 N–H and O–H groups in total. The Balaban J connectivity index is 2.04. The van der Waals surface area contributed by atoms with Gasteiger partial charge in [-0.3, -0.25) is 0 Å². The molecule has 1 aromatic rings. The lowest BCUT2D eigenvalue weighted by molar-refractivity contribution is -0.118. The van der Waals surface area contributed by atoms with Gasteiger partial charge in [0.15, 0.2) is 0 Å². The summed E-state index contributed by atoms with van der Waals surface area (Å²) in [6, 6.07) is 6.40. The van der Waals surface area contributed by atoms with Crippen LogP contribution < -0.4 is 10.1 Å². The molecule has 0 saturated heterocycles. The summed E-state index contributed by atoms with van der Waals surface area (Å²) >= 11 is 0. The lowest BCUT2D eigenvalue weighted by Gasteiger charge is -2.43. The highest BCUT2D eigenvalue weighted by atomic mass is 16.5. The molecular weight excluding hydrogens is 242 g/mol. The maximum Gasteiger partial charge on any atom is 0.141 e. The lowest BCUT2D eigenvalue weighted by atomic mass is 9.85. The highest BCUT2D eigenvalue weighted by Gasteiger charge is 2.42. The predicted octanol–water partition coefficient (Wildman–Crippen LogP) is 2.61. The molecule has 4 heteroatoms. The predicted molar refractivity (Wildman–Crippen MR) is 76.0 cm³/mol. The summed E-state index contributed by atoms with van der Waals surface area (Å²) in [4.78, 5) is 0. The Hall–Kier alpha value is -1.26. The van der Waals surface area contributed by atoms with E-state index in [2.05, 4.69) is 18.3 Å². The number of hydrogen-bond acceptors (Lipinski definition) is 4. The summed E-state index contributed by atoms with van der Waals surface area (Å²) < 4.78 is 16.5. The first-order valence-electron chi connectivity index (χ1n) is 6.75. The molecule has 4 nitrogen and oxygen atoms in total. The van der Waals surface area contributed by atoms with Crippen LogP contribution in [-0.4, -0.2) is 39.1 Å². The van der Waals surface area contributed by atoms with Gasteiger partial charge in [0, 0.05) is 13.7 Å². The minimum atomic E-state index is 0.102. The van der Waals surface area contributed by atoms with Crippen molar-refractivity contribution >= 4 is 5.69 Å². The number of anilines is 1. The Morgan fingerprint density at radius 1 is 1.32 bits per heavy atom. The number of nitrogens with one attached hydrogen (secondary N) is 1. The molecule has 106 valence electrons. The second kappa shape index (κ2) is 6.26. The van der Waals surface area contributed by atoms with Gasteiger partial charge in [0.25, 0.3) is 0 Å². The highest BCUT2D eigenvalue weighted by molar-refractivity contribution is 5.59. The molecule has 0 bridgehead atoms. The quantitative estimate of drug-likeness (QED) is 0.858. The molecule has 2 rings (SSSR count). The van der Waals surface area contributed by atoms with E-state index in [1.165, 1.54) is 5.56 Å². The van der Waals surface area contributed by atoms with Crippen LogP contribution in [0.1, 0.15) is 18.9 Å². The zero-order chi connectivity index (χ0) is 13.8. The molecule has 0 heterocycles. The summed E-state index contributed by atoms with van der Waals surface area (Å²) in [5.41, 5.74) is 2.22. The summed E-state index contributed by atoms with van der Waals surface area (Å²) in [7, 11) is 3.42. The van der Waals surface area contributed by atoms with Crippen LogP contribution in [0.25, 0.3) is 0 Å². The van der Waals surface area contributed by atoms with Crippen LogP contribution in [-0.2, 0) is 9.47 Å². The van der Waals surface area contributed by atoms with E-state index in [-0.39, 0.29) is 18.2 Å². The fourth-order valence-electron chi connectivity index (χ4n) is 2.55. The van der Waals surface area contributed by atoms with Gasteiger partial charge in [0.2, 0.25) is 0 Å². The van der Waals surface area contributed by atoms with E-state index in [1.54, 1.807) is 14.2 Å². The van der Waals surface area contributed by atoms with Crippen LogP contribution in [0.3, 0.4) is 0 Å². The van der Waals surface area contributed by atoms with Gasteiger partial charge < -0.3 is 19.5 Å². The lowest BCUT2D eigenvalue weighted by Crippen LogP contribution is -2.56. The second-order valence-corrected chi connectivity index (χ2v) is 4.88. The third kappa shape index (κ3) is 3.01. The molecule has 0 aliphatic heterocycles. The molecule has 3 unspecified atom stereocenters. The van der Waals surface area contributed by atoms with Crippen molar-refractivity contribution in [1.82, 2.24) is 0 Å². The van der Waals surface area contributed by atoms with Gasteiger partial charge in [0.05, 0.1) is 24.9 Å². The molecule has 1 aromatic carbocycles. The number of methoxy groups -OCH3 is 2. The van der Waals surface area contributed by atoms with Crippen molar-refractivity contribution in [1.29, 1.82) is 0 Å². The van der Waals surface area contributed by atoms with Gasteiger partial charge in [-0.05, 0) is 38.0 Å². The number of rotatable bonds is 6. The fraction of sp³-hybridized carbons (Fsp3) is 0.600. The Kier molecular flexibility index (Phi) is 4.66. The highest BCUT2D eigenvalue weighted by Crippen LogP contribution is 2.33. The molecule has 1 aliphatic rings. The first kappa shape index (κ1) is 14.2. The van der Waals surface area contributed by atoms with E-state index in [0.29, 0.717) is 0 Å². The second-order valence-electron chi connectivity index (χ2n) is 4.88. The van der Waals surface area contributed by atoms with Crippen molar-refractivity contribution in [2.45, 2.75) is 38.5 Å². The van der Waals surface area contributed by atoms with E-state index in [1.807, 2.05) is 19.1 Å². The number of benzene rings is 1. The Morgan fingerprint density at radius 2 is 2.11 bits per heavy atom. The van der Waals surface area contributed by atoms with Crippen LogP contribution in [0.4, 0.5) is 5.69 Å². The maximum atomic E-state index is 5.63. The van der Waals surface area contributed by atoms with Crippen molar-refractivity contribution in [3.63, 3.8) is 0 Å². The van der Waals surface area contributed by atoms with Gasteiger partial charge in [-0.1, -0.05) is 6.07 Å². The molecule has 0 radical (unpaired) electrons. The van der Waals surface area contributed by atoms with Gasteiger partial charge in [0.1, 0.15) is 11.9 Å². The molecule has 0 amide bonds. The summed E-state index contributed by atoms with van der Waals surface area (Å²) in [6.45, 7) is 4.81. The molecule has 0 aromatic heterocycles. The van der Waals surface area contributed by atoms with Crippen LogP contribution >= 0.6 is 0 Å². The third-order valence-electron chi connectivity index (χ3n) is 3.60. The average molecular weight is 265 g/mol. The minimum Gasteiger partial charge on any atom is -0.495 e. The number of ether oxygens (including phenoxy) is 3.